The van der Waals surface area contributed by atoms with Crippen molar-refractivity contribution in [2.45, 2.75) is 13.0 Å². The summed E-state index contributed by atoms with van der Waals surface area (Å²) in [5, 5.41) is 0.910. The monoisotopic (exact) mass is 537 g/mol. The first-order valence-corrected chi connectivity index (χ1v) is 11.7. The van der Waals surface area contributed by atoms with E-state index < -0.39 is 17.9 Å². The molecule has 5 rings (SSSR count). The summed E-state index contributed by atoms with van der Waals surface area (Å²) in [5.74, 6) is -0.900. The van der Waals surface area contributed by atoms with Crippen molar-refractivity contribution in [3.63, 3.8) is 0 Å². The van der Waals surface area contributed by atoms with Gasteiger partial charge in [-0.25, -0.2) is 4.79 Å². The van der Waals surface area contributed by atoms with E-state index >= 15 is 0 Å². The van der Waals surface area contributed by atoms with Gasteiger partial charge in [-0.2, -0.15) is 0 Å². The molecule has 1 amide bonds. The van der Waals surface area contributed by atoms with E-state index in [-0.39, 0.29) is 23.4 Å². The molecule has 0 fully saturated rings. The Labute approximate surface area is 207 Å². The molecule has 0 saturated heterocycles. The molecule has 4 aromatic rings. The lowest BCUT2D eigenvalue weighted by atomic mass is 9.98. The first kappa shape index (κ1) is 22.4. The average molecular weight is 539 g/mol. The number of anilines is 1. The fourth-order valence-electron chi connectivity index (χ4n) is 4.14. The van der Waals surface area contributed by atoms with Gasteiger partial charge in [0.15, 0.2) is 5.43 Å². The second-order valence-corrected chi connectivity index (χ2v) is 9.06. The molecule has 0 saturated carbocycles. The molecular weight excluding hydrogens is 522 g/mol. The van der Waals surface area contributed by atoms with Crippen LogP contribution in [0, 0.1) is 0 Å². The minimum atomic E-state index is -0.729. The summed E-state index contributed by atoms with van der Waals surface area (Å²) in [6, 6.07) is 17.8. The van der Waals surface area contributed by atoms with Crippen molar-refractivity contribution in [3.05, 3.63) is 109 Å². The molecule has 8 heteroatoms. The van der Waals surface area contributed by atoms with Crippen LogP contribution >= 0.6 is 27.5 Å². The molecule has 1 atom stereocenters. The third-order valence-electron chi connectivity index (χ3n) is 5.67. The van der Waals surface area contributed by atoms with Crippen LogP contribution < -0.4 is 10.3 Å². The van der Waals surface area contributed by atoms with Gasteiger partial charge >= 0.3 is 5.97 Å². The normalized spacial score (nSPS) is 15.0. The second kappa shape index (κ2) is 8.74. The van der Waals surface area contributed by atoms with Crippen molar-refractivity contribution < 1.29 is 18.7 Å². The highest BCUT2D eigenvalue weighted by Crippen LogP contribution is 2.41. The van der Waals surface area contributed by atoms with Gasteiger partial charge in [-0.1, -0.05) is 39.7 Å². The molecular formula is C26H17BrClNO5. The van der Waals surface area contributed by atoms with Gasteiger partial charge in [-0.3, -0.25) is 14.5 Å². The van der Waals surface area contributed by atoms with Crippen molar-refractivity contribution in [1.82, 2.24) is 0 Å². The first-order chi connectivity index (χ1) is 16.4. The Hall–Kier alpha value is -3.42. The number of benzene rings is 3. The highest BCUT2D eigenvalue weighted by Gasteiger charge is 2.43. The lowest BCUT2D eigenvalue weighted by Gasteiger charge is -2.25. The van der Waals surface area contributed by atoms with Gasteiger partial charge in [0.05, 0.1) is 29.2 Å². The molecule has 34 heavy (non-hydrogen) atoms. The van der Waals surface area contributed by atoms with E-state index in [0.29, 0.717) is 32.8 Å². The third kappa shape index (κ3) is 3.71. The van der Waals surface area contributed by atoms with Gasteiger partial charge in [0.1, 0.15) is 5.58 Å². The summed E-state index contributed by atoms with van der Waals surface area (Å²) in [7, 11) is 0. The van der Waals surface area contributed by atoms with Gasteiger partial charge in [0, 0.05) is 15.2 Å². The third-order valence-corrected chi connectivity index (χ3v) is 6.42. The standard InChI is InChI=1S/C26H17BrClNO5/c1-2-33-26(32)15-5-10-18(11-6-15)29-22(14-3-8-17(28)9-4-14)21-23(30)19-13-16(27)7-12-20(19)34-24(21)25(29)31/h3-13,22H,2H2,1H3. The number of carbonyl (C=O) groups is 2. The molecule has 1 unspecified atom stereocenters. The smallest absolute Gasteiger partial charge is 0.338 e. The van der Waals surface area contributed by atoms with Crippen LogP contribution in [0.3, 0.4) is 0 Å². The number of rotatable bonds is 4. The zero-order valence-electron chi connectivity index (χ0n) is 17.9. The zero-order valence-corrected chi connectivity index (χ0v) is 20.2. The molecule has 0 spiro atoms. The minimum absolute atomic E-state index is 0.00533. The fourth-order valence-corrected chi connectivity index (χ4v) is 4.63. The van der Waals surface area contributed by atoms with Gasteiger partial charge in [0.2, 0.25) is 5.76 Å². The van der Waals surface area contributed by atoms with Gasteiger partial charge in [-0.15, -0.1) is 0 Å². The van der Waals surface area contributed by atoms with E-state index in [1.54, 1.807) is 73.7 Å². The molecule has 6 nitrogen and oxygen atoms in total. The van der Waals surface area contributed by atoms with Gasteiger partial charge in [-0.05, 0) is 67.1 Å². The predicted octanol–water partition coefficient (Wildman–Crippen LogP) is 6.14. The number of hydrogen-bond acceptors (Lipinski definition) is 5. The topological polar surface area (TPSA) is 76.8 Å². The van der Waals surface area contributed by atoms with Crippen LogP contribution in [0.1, 0.15) is 45.0 Å². The van der Waals surface area contributed by atoms with Crippen LogP contribution in [0.2, 0.25) is 5.02 Å². The summed E-state index contributed by atoms with van der Waals surface area (Å²) in [6.45, 7) is 1.99. The zero-order chi connectivity index (χ0) is 24.0. The van der Waals surface area contributed by atoms with Crippen LogP contribution in [0.4, 0.5) is 5.69 Å². The highest BCUT2D eigenvalue weighted by molar-refractivity contribution is 9.10. The summed E-state index contributed by atoms with van der Waals surface area (Å²) in [5.41, 5.74) is 1.88. The molecule has 1 aromatic heterocycles. The fraction of sp³-hybridized carbons (Fsp3) is 0.115. The van der Waals surface area contributed by atoms with Crippen molar-refractivity contribution in [3.8, 4) is 0 Å². The average Bonchev–Trinajstić information content (AvgIpc) is 3.13. The Morgan fingerprint density at radius 3 is 2.44 bits per heavy atom. The predicted molar refractivity (Wildman–Crippen MR) is 133 cm³/mol. The van der Waals surface area contributed by atoms with E-state index in [9.17, 15) is 14.4 Å². The Morgan fingerprint density at radius 1 is 1.06 bits per heavy atom. The molecule has 0 bridgehead atoms. The summed E-state index contributed by atoms with van der Waals surface area (Å²) in [4.78, 5) is 40.8. The Morgan fingerprint density at radius 2 is 1.76 bits per heavy atom. The maximum Gasteiger partial charge on any atom is 0.338 e. The molecule has 0 N–H and O–H groups in total. The largest absolute Gasteiger partial charge is 0.462 e. The van der Waals surface area contributed by atoms with Crippen LogP contribution in [-0.4, -0.2) is 18.5 Å². The van der Waals surface area contributed by atoms with Crippen LogP contribution in [0.5, 0.6) is 0 Å². The molecule has 2 heterocycles. The number of ether oxygens (including phenoxy) is 1. The number of carbonyl (C=O) groups excluding carboxylic acids is 2. The number of halogens is 2. The summed E-state index contributed by atoms with van der Waals surface area (Å²) < 4.78 is 11.7. The van der Waals surface area contributed by atoms with E-state index in [1.165, 1.54) is 4.90 Å². The van der Waals surface area contributed by atoms with Crippen molar-refractivity contribution in [2.24, 2.45) is 0 Å². The van der Waals surface area contributed by atoms with Crippen LogP contribution in [-0.2, 0) is 4.74 Å². The number of fused-ring (bicyclic) bond motifs is 2. The van der Waals surface area contributed by atoms with E-state index in [1.807, 2.05) is 0 Å². The van der Waals surface area contributed by atoms with Crippen molar-refractivity contribution >= 4 is 56.1 Å². The molecule has 1 aliphatic rings. The van der Waals surface area contributed by atoms with Crippen molar-refractivity contribution in [1.29, 1.82) is 0 Å². The molecule has 1 aliphatic heterocycles. The first-order valence-electron chi connectivity index (χ1n) is 10.5. The van der Waals surface area contributed by atoms with Gasteiger partial charge in [0.25, 0.3) is 5.91 Å². The number of nitrogens with zero attached hydrogens (tertiary/aromatic N) is 1. The van der Waals surface area contributed by atoms with Crippen LogP contribution in [0.25, 0.3) is 11.0 Å². The van der Waals surface area contributed by atoms with E-state index in [0.717, 1.165) is 4.47 Å². The Balaban J connectivity index is 1.70. The highest BCUT2D eigenvalue weighted by atomic mass is 79.9. The second-order valence-electron chi connectivity index (χ2n) is 7.71. The lowest BCUT2D eigenvalue weighted by molar-refractivity contribution is 0.0526. The van der Waals surface area contributed by atoms with E-state index in [4.69, 9.17) is 20.8 Å². The van der Waals surface area contributed by atoms with Gasteiger partial charge < -0.3 is 9.15 Å². The molecule has 3 aromatic carbocycles. The molecule has 170 valence electrons. The van der Waals surface area contributed by atoms with Crippen LogP contribution in [0.15, 0.2) is 80.4 Å². The maximum absolute atomic E-state index is 13.6. The van der Waals surface area contributed by atoms with Crippen molar-refractivity contribution in [2.75, 3.05) is 11.5 Å². The quantitative estimate of drug-likeness (QED) is 0.292. The Kier molecular flexibility index (Phi) is 5.75. The molecule has 0 radical (unpaired) electrons. The van der Waals surface area contributed by atoms with E-state index in [2.05, 4.69) is 15.9 Å². The molecule has 0 aliphatic carbocycles. The minimum Gasteiger partial charge on any atom is -0.462 e. The number of esters is 1. The Bertz CT molecular complexity index is 1500. The summed E-state index contributed by atoms with van der Waals surface area (Å²) in [6.07, 6.45) is 0. The number of hydrogen-bond donors (Lipinski definition) is 0. The lowest BCUT2D eigenvalue weighted by Crippen LogP contribution is -2.29. The maximum atomic E-state index is 13.6. The SMILES string of the molecule is CCOC(=O)c1ccc(N2C(=O)c3oc4ccc(Br)cc4c(=O)c3C2c2ccc(Cl)cc2)cc1. The number of amides is 1. The summed E-state index contributed by atoms with van der Waals surface area (Å²) >= 11 is 9.49.